The first-order valence-electron chi connectivity index (χ1n) is 5.12. The summed E-state index contributed by atoms with van der Waals surface area (Å²) >= 11 is 3.18. The number of aromatic nitrogens is 2. The van der Waals surface area contributed by atoms with E-state index in [2.05, 4.69) is 26.3 Å². The van der Waals surface area contributed by atoms with Gasteiger partial charge in [-0.25, -0.2) is 4.79 Å². The molecule has 0 aliphatic carbocycles. The number of hydrogen-bond acceptors (Lipinski definition) is 3. The van der Waals surface area contributed by atoms with Gasteiger partial charge in [0.15, 0.2) is 5.82 Å². The van der Waals surface area contributed by atoms with Crippen LogP contribution in [0.3, 0.4) is 0 Å². The number of halogens is 1. The van der Waals surface area contributed by atoms with Crippen LogP contribution in [0.2, 0.25) is 0 Å². The molecule has 1 aromatic rings. The fraction of sp³-hybridized carbons (Fsp3) is 0.455. The summed E-state index contributed by atoms with van der Waals surface area (Å²) in [4.78, 5) is 13.3. The monoisotopic (exact) mass is 301 g/mol. The molecule has 17 heavy (non-hydrogen) atoms. The van der Waals surface area contributed by atoms with E-state index in [0.717, 1.165) is 5.56 Å². The number of amides is 1. The van der Waals surface area contributed by atoms with Gasteiger partial charge in [0.25, 0.3) is 0 Å². The van der Waals surface area contributed by atoms with Crippen LogP contribution in [-0.2, 0) is 11.8 Å². The van der Waals surface area contributed by atoms with E-state index in [4.69, 9.17) is 4.74 Å². The predicted octanol–water partition coefficient (Wildman–Crippen LogP) is 3.13. The Labute approximate surface area is 109 Å². The van der Waals surface area contributed by atoms with Gasteiger partial charge in [0, 0.05) is 18.8 Å². The number of aryl methyl sites for hydroxylation is 1. The van der Waals surface area contributed by atoms with E-state index in [1.54, 1.807) is 29.0 Å². The minimum Gasteiger partial charge on any atom is -0.444 e. The van der Waals surface area contributed by atoms with Gasteiger partial charge in [-0.2, -0.15) is 5.10 Å². The lowest BCUT2D eigenvalue weighted by Crippen LogP contribution is -2.27. The SMILES string of the molecule is Cn1cc(/C=C\Br)c(NC(=O)OC(C)(C)C)n1. The molecular weight excluding hydrogens is 286 g/mol. The smallest absolute Gasteiger partial charge is 0.413 e. The number of carbonyl (C=O) groups excluding carboxylic acids is 1. The Balaban J connectivity index is 2.77. The van der Waals surface area contributed by atoms with Crippen molar-refractivity contribution >= 4 is 33.9 Å². The molecule has 0 radical (unpaired) electrons. The molecule has 0 aromatic carbocycles. The maximum Gasteiger partial charge on any atom is 0.413 e. The molecule has 1 amide bonds. The van der Waals surface area contributed by atoms with Crippen LogP contribution in [-0.4, -0.2) is 21.5 Å². The van der Waals surface area contributed by atoms with Gasteiger partial charge in [-0.05, 0) is 31.8 Å². The Morgan fingerprint density at radius 2 is 2.24 bits per heavy atom. The third-order valence-electron chi connectivity index (χ3n) is 1.72. The lowest BCUT2D eigenvalue weighted by molar-refractivity contribution is 0.0635. The molecule has 0 bridgehead atoms. The van der Waals surface area contributed by atoms with Gasteiger partial charge in [-0.3, -0.25) is 10.00 Å². The van der Waals surface area contributed by atoms with Crippen LogP contribution in [0.4, 0.5) is 10.6 Å². The minimum absolute atomic E-state index is 0.470. The van der Waals surface area contributed by atoms with Crippen LogP contribution in [0.1, 0.15) is 26.3 Å². The molecule has 5 nitrogen and oxygen atoms in total. The molecule has 1 aromatic heterocycles. The van der Waals surface area contributed by atoms with Crippen molar-refractivity contribution in [2.45, 2.75) is 26.4 Å². The first kappa shape index (κ1) is 13.8. The van der Waals surface area contributed by atoms with Crippen LogP contribution in [0.5, 0.6) is 0 Å². The Morgan fingerprint density at radius 1 is 1.59 bits per heavy atom. The van der Waals surface area contributed by atoms with E-state index < -0.39 is 11.7 Å². The van der Waals surface area contributed by atoms with E-state index >= 15 is 0 Å². The number of ether oxygens (including phenoxy) is 1. The topological polar surface area (TPSA) is 56.2 Å². The summed E-state index contributed by atoms with van der Waals surface area (Å²) in [5, 5.41) is 6.74. The Bertz CT molecular complexity index is 432. The van der Waals surface area contributed by atoms with Gasteiger partial charge in [0.2, 0.25) is 0 Å². The fourth-order valence-electron chi connectivity index (χ4n) is 1.19. The largest absolute Gasteiger partial charge is 0.444 e. The normalized spacial score (nSPS) is 11.8. The second kappa shape index (κ2) is 5.35. The quantitative estimate of drug-likeness (QED) is 0.913. The van der Waals surface area contributed by atoms with Crippen molar-refractivity contribution in [3.05, 3.63) is 16.7 Å². The van der Waals surface area contributed by atoms with Crippen molar-refractivity contribution in [3.63, 3.8) is 0 Å². The maximum atomic E-state index is 11.6. The number of rotatable bonds is 2. The summed E-state index contributed by atoms with van der Waals surface area (Å²) in [7, 11) is 1.78. The van der Waals surface area contributed by atoms with Crippen molar-refractivity contribution in [3.8, 4) is 0 Å². The molecule has 0 atom stereocenters. The molecule has 0 unspecified atom stereocenters. The molecule has 6 heteroatoms. The van der Waals surface area contributed by atoms with Crippen LogP contribution in [0, 0.1) is 0 Å². The molecule has 1 heterocycles. The molecule has 0 fully saturated rings. The molecule has 0 aliphatic rings. The zero-order valence-corrected chi connectivity index (χ0v) is 11.9. The van der Waals surface area contributed by atoms with Crippen LogP contribution in [0.15, 0.2) is 11.2 Å². The van der Waals surface area contributed by atoms with Crippen LogP contribution in [0.25, 0.3) is 6.08 Å². The second-order valence-electron chi connectivity index (χ2n) is 4.53. The van der Waals surface area contributed by atoms with Crippen molar-refractivity contribution in [1.82, 2.24) is 9.78 Å². The van der Waals surface area contributed by atoms with Crippen molar-refractivity contribution < 1.29 is 9.53 Å². The average Bonchev–Trinajstić information content (AvgIpc) is 2.43. The van der Waals surface area contributed by atoms with Gasteiger partial charge < -0.3 is 4.74 Å². The summed E-state index contributed by atoms with van der Waals surface area (Å²) in [5.74, 6) is 0.470. The molecule has 0 spiro atoms. The van der Waals surface area contributed by atoms with E-state index in [0.29, 0.717) is 5.82 Å². The van der Waals surface area contributed by atoms with E-state index in [1.165, 1.54) is 0 Å². The Hall–Kier alpha value is -1.30. The summed E-state index contributed by atoms with van der Waals surface area (Å²) < 4.78 is 6.77. The minimum atomic E-state index is -0.524. The highest BCUT2D eigenvalue weighted by Crippen LogP contribution is 2.16. The van der Waals surface area contributed by atoms with Gasteiger partial charge in [-0.1, -0.05) is 15.9 Å². The second-order valence-corrected chi connectivity index (χ2v) is 5.05. The lowest BCUT2D eigenvalue weighted by Gasteiger charge is -2.19. The summed E-state index contributed by atoms with van der Waals surface area (Å²) in [6, 6.07) is 0. The number of anilines is 1. The van der Waals surface area contributed by atoms with Gasteiger partial charge in [0.1, 0.15) is 5.60 Å². The average molecular weight is 302 g/mol. The van der Waals surface area contributed by atoms with Crippen molar-refractivity contribution in [2.24, 2.45) is 7.05 Å². The molecule has 0 aliphatic heterocycles. The highest BCUT2D eigenvalue weighted by Gasteiger charge is 2.18. The Morgan fingerprint density at radius 3 is 2.76 bits per heavy atom. The first-order chi connectivity index (χ1) is 7.81. The third-order valence-corrected chi connectivity index (χ3v) is 1.98. The van der Waals surface area contributed by atoms with Crippen LogP contribution < -0.4 is 5.32 Å². The number of hydrogen-bond donors (Lipinski definition) is 1. The number of carbonyl (C=O) groups is 1. The van der Waals surface area contributed by atoms with E-state index in [-0.39, 0.29) is 0 Å². The molecule has 1 rings (SSSR count). The maximum absolute atomic E-state index is 11.6. The Kier molecular flexibility index (Phi) is 4.34. The lowest BCUT2D eigenvalue weighted by atomic mass is 10.2. The molecular formula is C11H16BrN3O2. The fourth-order valence-corrected chi connectivity index (χ4v) is 1.48. The van der Waals surface area contributed by atoms with Crippen molar-refractivity contribution in [2.75, 3.05) is 5.32 Å². The summed E-state index contributed by atoms with van der Waals surface area (Å²) in [6.07, 6.45) is 3.07. The zero-order valence-electron chi connectivity index (χ0n) is 10.3. The number of nitrogens with one attached hydrogen (secondary N) is 1. The molecule has 0 saturated heterocycles. The van der Waals surface area contributed by atoms with Crippen molar-refractivity contribution in [1.29, 1.82) is 0 Å². The van der Waals surface area contributed by atoms with Gasteiger partial charge in [0.05, 0.1) is 0 Å². The first-order valence-corrected chi connectivity index (χ1v) is 6.04. The zero-order chi connectivity index (χ0) is 13.1. The van der Waals surface area contributed by atoms with E-state index in [1.807, 2.05) is 20.8 Å². The summed E-state index contributed by atoms with van der Waals surface area (Å²) in [6.45, 7) is 5.43. The van der Waals surface area contributed by atoms with Crippen LogP contribution >= 0.6 is 15.9 Å². The standard InChI is InChI=1S/C11H16BrN3O2/c1-11(2,3)17-10(16)13-9-8(5-6-12)7-15(4)14-9/h5-7H,1-4H3,(H,13,14,16)/b6-5-. The van der Waals surface area contributed by atoms with Gasteiger partial charge >= 0.3 is 6.09 Å². The van der Waals surface area contributed by atoms with E-state index in [9.17, 15) is 4.79 Å². The molecule has 94 valence electrons. The summed E-state index contributed by atoms with van der Waals surface area (Å²) in [5.41, 5.74) is 0.278. The molecule has 1 N–H and O–H groups in total. The molecule has 0 saturated carbocycles. The third kappa shape index (κ3) is 4.60. The number of nitrogens with zero attached hydrogens (tertiary/aromatic N) is 2. The highest BCUT2D eigenvalue weighted by molar-refractivity contribution is 9.11. The predicted molar refractivity (Wildman–Crippen MR) is 71.0 cm³/mol. The van der Waals surface area contributed by atoms with Gasteiger partial charge in [-0.15, -0.1) is 0 Å². The highest BCUT2D eigenvalue weighted by atomic mass is 79.9.